The molecule has 1 heterocycles. The summed E-state index contributed by atoms with van der Waals surface area (Å²) < 4.78 is 39.6. The maximum absolute atomic E-state index is 12.7. The van der Waals surface area contributed by atoms with Gasteiger partial charge < -0.3 is 10.3 Å². The van der Waals surface area contributed by atoms with Gasteiger partial charge in [0.25, 0.3) is 0 Å². The fraction of sp³-hybridized carbons (Fsp3) is 0.357. The molecule has 3 nitrogen and oxygen atoms in total. The average Bonchev–Trinajstić information content (AvgIpc) is 2.82. The van der Waals surface area contributed by atoms with Gasteiger partial charge in [0, 0.05) is 24.3 Å². The zero-order valence-electron chi connectivity index (χ0n) is 11.3. The van der Waals surface area contributed by atoms with Crippen molar-refractivity contribution < 1.29 is 13.2 Å². The summed E-state index contributed by atoms with van der Waals surface area (Å²) in [7, 11) is 0. The van der Waals surface area contributed by atoms with E-state index < -0.39 is 11.9 Å². The highest BCUT2D eigenvalue weighted by Gasteiger charge is 2.34. The van der Waals surface area contributed by atoms with E-state index in [1.165, 1.54) is 4.57 Å². The monoisotopic (exact) mass is 283 g/mol. The predicted octanol–water partition coefficient (Wildman–Crippen LogP) is 3.61. The highest BCUT2D eigenvalue weighted by atomic mass is 19.4. The van der Waals surface area contributed by atoms with E-state index >= 15 is 0 Å². The van der Waals surface area contributed by atoms with Gasteiger partial charge in [-0.2, -0.15) is 13.2 Å². The Bertz CT molecular complexity index is 583. The van der Waals surface area contributed by atoms with Crippen molar-refractivity contribution in [1.29, 1.82) is 0 Å². The lowest BCUT2D eigenvalue weighted by atomic mass is 10.1. The summed E-state index contributed by atoms with van der Waals surface area (Å²) in [4.78, 5) is 3.70. The van der Waals surface area contributed by atoms with Crippen molar-refractivity contribution in [2.75, 3.05) is 0 Å². The zero-order valence-corrected chi connectivity index (χ0v) is 11.3. The molecule has 1 aromatic carbocycles. The molecule has 6 heteroatoms. The van der Waals surface area contributed by atoms with Gasteiger partial charge in [0.1, 0.15) is 5.82 Å². The van der Waals surface area contributed by atoms with Crippen molar-refractivity contribution in [3.8, 4) is 11.4 Å². The Morgan fingerprint density at radius 1 is 1.25 bits per heavy atom. The number of halogens is 3. The number of aromatic nitrogens is 2. The number of hydrogen-bond acceptors (Lipinski definition) is 2. The van der Waals surface area contributed by atoms with E-state index in [4.69, 9.17) is 5.73 Å². The van der Waals surface area contributed by atoms with E-state index in [2.05, 4.69) is 4.98 Å². The van der Waals surface area contributed by atoms with Crippen LogP contribution in [-0.4, -0.2) is 9.55 Å². The molecule has 2 aromatic rings. The number of alkyl halides is 3. The van der Waals surface area contributed by atoms with E-state index in [9.17, 15) is 13.2 Å². The standard InChI is InChI=1S/C14H16F3N3/c1-3-20-8-12(14(15,16)17)19-13(20)11-6-4-10(5-7-11)9(2)18/h4-9H,3,18H2,1-2H3/t9-/m1/s1. The quantitative estimate of drug-likeness (QED) is 0.935. The minimum Gasteiger partial charge on any atom is -0.331 e. The largest absolute Gasteiger partial charge is 0.434 e. The topological polar surface area (TPSA) is 43.8 Å². The Balaban J connectivity index is 2.43. The van der Waals surface area contributed by atoms with Crippen LogP contribution in [0.4, 0.5) is 13.2 Å². The van der Waals surface area contributed by atoms with E-state index in [-0.39, 0.29) is 6.04 Å². The van der Waals surface area contributed by atoms with Crippen LogP contribution >= 0.6 is 0 Å². The summed E-state index contributed by atoms with van der Waals surface area (Å²) in [5, 5.41) is 0. The van der Waals surface area contributed by atoms with Crippen LogP contribution in [0.2, 0.25) is 0 Å². The molecular formula is C14H16F3N3. The molecule has 2 rings (SSSR count). The fourth-order valence-corrected chi connectivity index (χ4v) is 1.96. The lowest BCUT2D eigenvalue weighted by Crippen LogP contribution is -2.05. The van der Waals surface area contributed by atoms with Crippen molar-refractivity contribution in [2.24, 2.45) is 5.73 Å². The molecule has 108 valence electrons. The van der Waals surface area contributed by atoms with Crippen molar-refractivity contribution in [3.63, 3.8) is 0 Å². The molecule has 1 aromatic heterocycles. The van der Waals surface area contributed by atoms with Gasteiger partial charge >= 0.3 is 6.18 Å². The highest BCUT2D eigenvalue weighted by molar-refractivity contribution is 5.57. The number of nitrogens with zero attached hydrogens (tertiary/aromatic N) is 2. The van der Waals surface area contributed by atoms with Crippen LogP contribution in [0.1, 0.15) is 31.1 Å². The number of nitrogens with two attached hydrogens (primary N) is 1. The molecule has 0 spiro atoms. The normalized spacial score (nSPS) is 13.5. The second-order valence-electron chi connectivity index (χ2n) is 4.64. The van der Waals surface area contributed by atoms with Crippen molar-refractivity contribution in [3.05, 3.63) is 41.7 Å². The Kier molecular flexibility index (Phi) is 3.85. The number of hydrogen-bond donors (Lipinski definition) is 1. The van der Waals surface area contributed by atoms with Gasteiger partial charge in [-0.05, 0) is 19.4 Å². The first kappa shape index (κ1) is 14.6. The number of rotatable bonds is 3. The van der Waals surface area contributed by atoms with Gasteiger partial charge in [0.05, 0.1) is 0 Å². The molecule has 0 bridgehead atoms. The average molecular weight is 283 g/mol. The molecule has 0 amide bonds. The predicted molar refractivity (Wildman–Crippen MR) is 70.9 cm³/mol. The molecule has 0 saturated carbocycles. The summed E-state index contributed by atoms with van der Waals surface area (Å²) in [6.07, 6.45) is -3.39. The van der Waals surface area contributed by atoms with Crippen molar-refractivity contribution in [1.82, 2.24) is 9.55 Å². The summed E-state index contributed by atoms with van der Waals surface area (Å²) >= 11 is 0. The van der Waals surface area contributed by atoms with Crippen LogP contribution in [0.15, 0.2) is 30.5 Å². The second-order valence-corrected chi connectivity index (χ2v) is 4.64. The van der Waals surface area contributed by atoms with Gasteiger partial charge in [0.2, 0.25) is 0 Å². The molecular weight excluding hydrogens is 267 g/mol. The van der Waals surface area contributed by atoms with Crippen LogP contribution in [0.5, 0.6) is 0 Å². The van der Waals surface area contributed by atoms with E-state index in [1.54, 1.807) is 19.1 Å². The SMILES string of the molecule is CCn1cc(C(F)(F)F)nc1-c1ccc([C@@H](C)N)cc1. The third-order valence-electron chi connectivity index (χ3n) is 3.10. The lowest BCUT2D eigenvalue weighted by molar-refractivity contribution is -0.140. The molecule has 0 fully saturated rings. The van der Waals surface area contributed by atoms with Crippen molar-refractivity contribution in [2.45, 2.75) is 32.6 Å². The summed E-state index contributed by atoms with van der Waals surface area (Å²) in [5.74, 6) is 0.316. The smallest absolute Gasteiger partial charge is 0.331 e. The molecule has 20 heavy (non-hydrogen) atoms. The van der Waals surface area contributed by atoms with Crippen LogP contribution in [-0.2, 0) is 12.7 Å². The van der Waals surface area contributed by atoms with Crippen LogP contribution in [0, 0.1) is 0 Å². The van der Waals surface area contributed by atoms with E-state index in [0.29, 0.717) is 17.9 Å². The maximum Gasteiger partial charge on any atom is 0.434 e. The Morgan fingerprint density at radius 3 is 2.30 bits per heavy atom. The van der Waals surface area contributed by atoms with E-state index in [0.717, 1.165) is 11.8 Å². The number of imidazole rings is 1. The highest BCUT2D eigenvalue weighted by Crippen LogP contribution is 2.31. The lowest BCUT2D eigenvalue weighted by Gasteiger charge is -2.08. The first-order chi connectivity index (χ1) is 9.32. The third kappa shape index (κ3) is 2.85. The van der Waals surface area contributed by atoms with Crippen LogP contribution in [0.25, 0.3) is 11.4 Å². The first-order valence-electron chi connectivity index (χ1n) is 6.33. The van der Waals surface area contributed by atoms with Gasteiger partial charge in [-0.15, -0.1) is 0 Å². The Morgan fingerprint density at radius 2 is 1.85 bits per heavy atom. The van der Waals surface area contributed by atoms with Crippen LogP contribution < -0.4 is 5.73 Å². The summed E-state index contributed by atoms with van der Waals surface area (Å²) in [6, 6.07) is 6.99. The summed E-state index contributed by atoms with van der Waals surface area (Å²) in [6.45, 7) is 4.05. The molecule has 0 aliphatic heterocycles. The van der Waals surface area contributed by atoms with Crippen molar-refractivity contribution >= 4 is 0 Å². The third-order valence-corrected chi connectivity index (χ3v) is 3.10. The molecule has 0 unspecified atom stereocenters. The minimum atomic E-state index is -4.43. The minimum absolute atomic E-state index is 0.110. The zero-order chi connectivity index (χ0) is 14.9. The van der Waals surface area contributed by atoms with Gasteiger partial charge in [-0.25, -0.2) is 4.98 Å². The molecule has 2 N–H and O–H groups in total. The molecule has 0 aliphatic carbocycles. The Labute approximate surface area is 115 Å². The van der Waals surface area contributed by atoms with Gasteiger partial charge in [-0.1, -0.05) is 24.3 Å². The molecule has 0 saturated heterocycles. The first-order valence-corrected chi connectivity index (χ1v) is 6.33. The van der Waals surface area contributed by atoms with E-state index in [1.807, 2.05) is 19.1 Å². The van der Waals surface area contributed by atoms with Gasteiger partial charge in [0.15, 0.2) is 5.69 Å². The second kappa shape index (κ2) is 5.28. The molecule has 0 radical (unpaired) electrons. The maximum atomic E-state index is 12.7. The van der Waals surface area contributed by atoms with Crippen LogP contribution in [0.3, 0.4) is 0 Å². The number of benzene rings is 1. The summed E-state index contributed by atoms with van der Waals surface area (Å²) in [5.41, 5.74) is 6.46. The Hall–Kier alpha value is -1.82. The number of aryl methyl sites for hydroxylation is 1. The fourth-order valence-electron chi connectivity index (χ4n) is 1.96. The molecule has 1 atom stereocenters. The molecule has 0 aliphatic rings. The van der Waals surface area contributed by atoms with Gasteiger partial charge in [-0.3, -0.25) is 0 Å².